The second kappa shape index (κ2) is 14.0. The van der Waals surface area contributed by atoms with E-state index in [0.29, 0.717) is 23.0 Å². The van der Waals surface area contributed by atoms with Crippen LogP contribution in [0, 0.1) is 0 Å². The van der Waals surface area contributed by atoms with Crippen LogP contribution in [0.15, 0.2) is 59.9 Å². The van der Waals surface area contributed by atoms with Crippen LogP contribution in [0.3, 0.4) is 0 Å². The molecule has 0 saturated carbocycles. The molecule has 4 fully saturated rings. The van der Waals surface area contributed by atoms with Gasteiger partial charge >= 0.3 is 23.9 Å². The number of hydrogen-bond donors (Lipinski definition) is 0. The Morgan fingerprint density at radius 3 is 1.63 bits per heavy atom. The van der Waals surface area contributed by atoms with Crippen LogP contribution < -0.4 is 18.9 Å². The van der Waals surface area contributed by atoms with E-state index in [2.05, 4.69) is 34.1 Å². The van der Waals surface area contributed by atoms with Crippen molar-refractivity contribution in [1.82, 2.24) is 9.80 Å². The van der Waals surface area contributed by atoms with Gasteiger partial charge in [0.25, 0.3) is 0 Å². The van der Waals surface area contributed by atoms with E-state index in [1.54, 1.807) is 19.3 Å². The Labute approximate surface area is 364 Å². The summed E-state index contributed by atoms with van der Waals surface area (Å²) in [6.45, 7) is 5.86. The molecule has 63 heavy (non-hydrogen) atoms. The highest BCUT2D eigenvalue weighted by atomic mass is 16.7. The summed E-state index contributed by atoms with van der Waals surface area (Å²) >= 11 is 0. The van der Waals surface area contributed by atoms with Crippen LogP contribution in [0.25, 0.3) is 0 Å². The molecule has 2 aromatic carbocycles. The van der Waals surface area contributed by atoms with Crippen LogP contribution in [0.1, 0.15) is 92.4 Å². The van der Waals surface area contributed by atoms with Crippen molar-refractivity contribution in [2.75, 3.05) is 46.9 Å². The third-order valence-electron chi connectivity index (χ3n) is 15.7. The molecule has 2 aromatic rings. The molecule has 12 rings (SSSR count). The van der Waals surface area contributed by atoms with E-state index in [0.717, 1.165) is 98.3 Å². The monoisotopic (exact) mass is 862 g/mol. The molecular formula is C48H50N2O13. The van der Waals surface area contributed by atoms with Crippen LogP contribution >= 0.6 is 0 Å². The summed E-state index contributed by atoms with van der Waals surface area (Å²) in [6, 6.07) is 8.18. The van der Waals surface area contributed by atoms with Crippen molar-refractivity contribution >= 4 is 23.9 Å². The van der Waals surface area contributed by atoms with Gasteiger partial charge in [-0.2, -0.15) is 0 Å². The topological polar surface area (TPSA) is 158 Å². The van der Waals surface area contributed by atoms with Gasteiger partial charge in [0.2, 0.25) is 24.8 Å². The molecule has 0 unspecified atom stereocenters. The minimum atomic E-state index is -1.58. The van der Waals surface area contributed by atoms with Crippen LogP contribution in [0.4, 0.5) is 0 Å². The van der Waals surface area contributed by atoms with Gasteiger partial charge in [0.15, 0.2) is 29.1 Å². The average Bonchev–Trinajstić information content (AvgIpc) is 4.11. The van der Waals surface area contributed by atoms with Gasteiger partial charge < -0.3 is 42.6 Å². The van der Waals surface area contributed by atoms with Gasteiger partial charge in [-0.25, -0.2) is 9.59 Å². The van der Waals surface area contributed by atoms with Crippen molar-refractivity contribution in [2.24, 2.45) is 0 Å². The lowest BCUT2D eigenvalue weighted by molar-refractivity contribution is -0.211. The Kier molecular flexibility index (Phi) is 8.67. The van der Waals surface area contributed by atoms with Crippen LogP contribution in [-0.4, -0.2) is 115 Å². The first kappa shape index (κ1) is 39.1. The molecule has 15 nitrogen and oxygen atoms in total. The zero-order valence-electron chi connectivity index (χ0n) is 35.4. The molecule has 0 N–H and O–H groups in total. The maximum atomic E-state index is 14.4. The first-order valence-corrected chi connectivity index (χ1v) is 22.4. The third kappa shape index (κ3) is 5.70. The normalized spacial score (nSPS) is 35.3. The summed E-state index contributed by atoms with van der Waals surface area (Å²) in [6.07, 6.45) is 11.5. The highest BCUT2D eigenvalue weighted by molar-refractivity contribution is 5.95. The SMILES string of the molecule is COC1=C[C@]23CCCN2CCc2cc4c(cc2[C@@H]3[C@@H]1OC(=O)[C@@]1(C/C=C/C[C@]2(C(=O)O[C@@H]3C(C)=C[C@]56CCCN5CCc5cc7c(cc5[C@H]36)OCO7)CC(=O)O2)CC(=O)O1)OCO4. The maximum Gasteiger partial charge on any atom is 0.352 e. The average molecular weight is 863 g/mol. The Bertz CT molecular complexity index is 2440. The van der Waals surface area contributed by atoms with E-state index in [9.17, 15) is 19.2 Å². The zero-order chi connectivity index (χ0) is 42.9. The largest absolute Gasteiger partial charge is 0.497 e. The van der Waals surface area contributed by atoms with Crippen LogP contribution in [0.2, 0.25) is 0 Å². The molecule has 8 aliphatic heterocycles. The molecule has 0 radical (unpaired) electrons. The lowest BCUT2D eigenvalue weighted by Crippen LogP contribution is -2.56. The first-order chi connectivity index (χ1) is 30.5. The van der Waals surface area contributed by atoms with Crippen molar-refractivity contribution < 1.29 is 61.8 Å². The number of hydrogen-bond acceptors (Lipinski definition) is 15. The Hall–Kier alpha value is -5.54. The number of esters is 4. The molecule has 2 aliphatic carbocycles. The van der Waals surface area contributed by atoms with Gasteiger partial charge in [0.1, 0.15) is 11.9 Å². The highest BCUT2D eigenvalue weighted by Gasteiger charge is 2.62. The van der Waals surface area contributed by atoms with Crippen molar-refractivity contribution in [2.45, 2.75) is 117 Å². The fourth-order valence-corrected chi connectivity index (χ4v) is 12.8. The molecule has 4 saturated heterocycles. The predicted octanol–water partition coefficient (Wildman–Crippen LogP) is 4.83. The van der Waals surface area contributed by atoms with E-state index in [4.69, 9.17) is 42.6 Å². The second-order valence-corrected chi connectivity index (χ2v) is 18.9. The number of cyclic esters (lactones) is 2. The Morgan fingerprint density at radius 2 is 1.14 bits per heavy atom. The number of nitrogens with zero attached hydrogens (tertiary/aromatic N) is 2. The Morgan fingerprint density at radius 1 is 0.683 bits per heavy atom. The number of fused-ring (bicyclic) bond motifs is 6. The van der Waals surface area contributed by atoms with Gasteiger partial charge in [0.05, 0.1) is 36.9 Å². The number of ether oxygens (including phenoxy) is 9. The van der Waals surface area contributed by atoms with Crippen molar-refractivity contribution in [3.05, 3.63) is 82.2 Å². The van der Waals surface area contributed by atoms with Crippen molar-refractivity contribution in [3.63, 3.8) is 0 Å². The molecule has 10 aliphatic rings. The minimum Gasteiger partial charge on any atom is -0.497 e. The van der Waals surface area contributed by atoms with Crippen LogP contribution in [-0.2, 0) is 55.7 Å². The van der Waals surface area contributed by atoms with Gasteiger partial charge in [-0.3, -0.25) is 19.4 Å². The summed E-state index contributed by atoms with van der Waals surface area (Å²) in [4.78, 5) is 58.8. The van der Waals surface area contributed by atoms with E-state index in [1.165, 1.54) is 0 Å². The molecular weight excluding hydrogens is 813 g/mol. The quantitative estimate of drug-likeness (QED) is 0.192. The lowest BCUT2D eigenvalue weighted by atomic mass is 9.77. The van der Waals surface area contributed by atoms with Crippen LogP contribution in [0.5, 0.6) is 23.0 Å². The third-order valence-corrected chi connectivity index (χ3v) is 15.7. The molecule has 0 amide bonds. The molecule has 0 bridgehead atoms. The van der Waals surface area contributed by atoms with Gasteiger partial charge in [0, 0.05) is 31.8 Å². The molecule has 2 spiro atoms. The van der Waals surface area contributed by atoms with E-state index < -0.39 is 52.8 Å². The number of rotatable bonds is 9. The smallest absolute Gasteiger partial charge is 0.352 e. The summed E-state index contributed by atoms with van der Waals surface area (Å²) in [5.41, 5.74) is 1.42. The second-order valence-electron chi connectivity index (χ2n) is 18.9. The first-order valence-electron chi connectivity index (χ1n) is 22.4. The fraction of sp³-hybridized carbons (Fsp3) is 0.542. The molecule has 15 heteroatoms. The molecule has 8 atom stereocenters. The molecule has 330 valence electrons. The number of methoxy groups -OCH3 is 1. The van der Waals surface area contributed by atoms with Crippen molar-refractivity contribution in [1.29, 1.82) is 0 Å². The van der Waals surface area contributed by atoms with Crippen molar-refractivity contribution in [3.8, 4) is 23.0 Å². The van der Waals surface area contributed by atoms with E-state index in [1.807, 2.05) is 19.1 Å². The summed E-state index contributed by atoms with van der Waals surface area (Å²) in [5, 5.41) is 0. The minimum absolute atomic E-state index is 0.00953. The van der Waals surface area contributed by atoms with Gasteiger partial charge in [-0.05, 0) is 117 Å². The number of carbonyl (C=O) groups excluding carboxylic acids is 4. The van der Waals surface area contributed by atoms with E-state index >= 15 is 0 Å². The van der Waals surface area contributed by atoms with Gasteiger partial charge in [-0.1, -0.05) is 18.2 Å². The summed E-state index contributed by atoms with van der Waals surface area (Å²) < 4.78 is 53.3. The number of benzene rings is 2. The molecule has 8 heterocycles. The zero-order valence-corrected chi connectivity index (χ0v) is 35.4. The summed E-state index contributed by atoms with van der Waals surface area (Å²) in [5.74, 6) is 0.511. The highest BCUT2D eigenvalue weighted by Crippen LogP contribution is 2.58. The van der Waals surface area contributed by atoms with Gasteiger partial charge in [-0.15, -0.1) is 0 Å². The standard InChI is InChI=1S/C48H50N2O13/c1-27-21-45-9-5-13-49(45)15-7-28-17-32-34(58-25-56-32)19-30(28)39(45)41(27)60-43(53)47(23-37(51)62-47)11-3-4-12-48(24-38(52)63-48)44(54)61-42-36(55-2)22-46-10-6-14-50(46)16-8-29-18-33-35(59-26-57-33)20-31(29)40(42)46/h3-4,17-22,39-42H,5-16,23-26H2,1-2H3/b4-3+/t39-,40-,41-,42-,45+,46+,47-,48-/m1/s1. The fourth-order valence-electron chi connectivity index (χ4n) is 12.8. The maximum absolute atomic E-state index is 14.4. The lowest BCUT2D eigenvalue weighted by Gasteiger charge is -2.42. The molecule has 0 aromatic heterocycles. The summed E-state index contributed by atoms with van der Waals surface area (Å²) in [7, 11) is 1.58. The predicted molar refractivity (Wildman–Crippen MR) is 219 cm³/mol. The number of carbonyl (C=O) groups is 4. The van der Waals surface area contributed by atoms with E-state index in [-0.39, 0.29) is 56.6 Å². The Balaban J connectivity index is 0.783.